The van der Waals surface area contributed by atoms with Crippen LogP contribution in [-0.4, -0.2) is 12.1 Å². The van der Waals surface area contributed by atoms with Crippen molar-refractivity contribution in [3.8, 4) is 0 Å². The van der Waals surface area contributed by atoms with Crippen molar-refractivity contribution in [2.24, 2.45) is 0 Å². The summed E-state index contributed by atoms with van der Waals surface area (Å²) in [5.74, 6) is -0.0450. The zero-order chi connectivity index (χ0) is 8.55. The van der Waals surface area contributed by atoms with Gasteiger partial charge in [-0.2, -0.15) is 0 Å². The van der Waals surface area contributed by atoms with Crippen LogP contribution < -0.4 is 0 Å². The number of Topliss-reactive ketones (excluding diaryl/α,β-unsaturated/α-hetero) is 1. The van der Waals surface area contributed by atoms with Gasteiger partial charge in [0.2, 0.25) is 0 Å². The molecule has 0 heterocycles. The molecule has 0 aliphatic heterocycles. The van der Waals surface area contributed by atoms with Crippen LogP contribution in [0.15, 0.2) is 24.3 Å². The normalized spacial score (nSPS) is 19.7. The maximum atomic E-state index is 11.3. The van der Waals surface area contributed by atoms with E-state index in [0.29, 0.717) is 6.42 Å². The molecule has 0 N–H and O–H groups in total. The van der Waals surface area contributed by atoms with E-state index in [2.05, 4.69) is 0 Å². The molecule has 0 aromatic heterocycles. The molecule has 2 rings (SSSR count). The van der Waals surface area contributed by atoms with Crippen LogP contribution in [0, 0.1) is 0 Å². The summed E-state index contributed by atoms with van der Waals surface area (Å²) in [4.78, 5) is 21.5. The van der Waals surface area contributed by atoms with Gasteiger partial charge >= 0.3 is 0 Å². The fourth-order valence-electron chi connectivity index (χ4n) is 1.61. The lowest BCUT2D eigenvalue weighted by atomic mass is 9.75. The van der Waals surface area contributed by atoms with Gasteiger partial charge in [-0.1, -0.05) is 24.3 Å². The Kier molecular flexibility index (Phi) is 1.54. The molecule has 1 aliphatic carbocycles. The Balaban J connectivity index is 2.36. The van der Waals surface area contributed by atoms with E-state index in [4.69, 9.17) is 0 Å². The zero-order valence-electron chi connectivity index (χ0n) is 6.49. The Morgan fingerprint density at radius 3 is 2.83 bits per heavy atom. The predicted molar refractivity (Wildman–Crippen MR) is 44.2 cm³/mol. The summed E-state index contributed by atoms with van der Waals surface area (Å²) in [6.07, 6.45) is 1.13. The highest BCUT2D eigenvalue weighted by atomic mass is 16.1. The molecule has 0 saturated heterocycles. The largest absolute Gasteiger partial charge is 0.303 e. The second-order valence-corrected chi connectivity index (χ2v) is 2.91. The first-order valence-corrected chi connectivity index (χ1v) is 3.91. The molecule has 2 nitrogen and oxygen atoms in total. The van der Waals surface area contributed by atoms with Crippen LogP contribution in [0.1, 0.15) is 28.3 Å². The smallest absolute Gasteiger partial charge is 0.171 e. The summed E-state index contributed by atoms with van der Waals surface area (Å²) < 4.78 is 0. The van der Waals surface area contributed by atoms with Gasteiger partial charge in [0.1, 0.15) is 6.29 Å². The van der Waals surface area contributed by atoms with E-state index in [1.54, 1.807) is 6.07 Å². The lowest BCUT2D eigenvalue weighted by Crippen LogP contribution is -2.26. The van der Waals surface area contributed by atoms with Gasteiger partial charge in [-0.25, -0.2) is 0 Å². The van der Waals surface area contributed by atoms with Crippen molar-refractivity contribution in [1.29, 1.82) is 0 Å². The number of rotatable bonds is 2. The number of ketones is 1. The van der Waals surface area contributed by atoms with E-state index in [0.717, 1.165) is 17.4 Å². The molecule has 0 bridgehead atoms. The van der Waals surface area contributed by atoms with E-state index in [-0.39, 0.29) is 11.7 Å². The molecular weight excluding hydrogens is 152 g/mol. The highest BCUT2D eigenvalue weighted by Gasteiger charge is 2.34. The van der Waals surface area contributed by atoms with Crippen molar-refractivity contribution in [1.82, 2.24) is 0 Å². The topological polar surface area (TPSA) is 34.1 Å². The molecule has 0 saturated carbocycles. The third-order valence-corrected chi connectivity index (χ3v) is 2.25. The molecule has 0 spiro atoms. The van der Waals surface area contributed by atoms with Gasteiger partial charge in [0.15, 0.2) is 5.78 Å². The van der Waals surface area contributed by atoms with Gasteiger partial charge in [0.05, 0.1) is 5.92 Å². The van der Waals surface area contributed by atoms with Crippen LogP contribution in [0.3, 0.4) is 0 Å². The van der Waals surface area contributed by atoms with E-state index in [9.17, 15) is 9.59 Å². The van der Waals surface area contributed by atoms with Crippen molar-refractivity contribution in [3.05, 3.63) is 35.4 Å². The van der Waals surface area contributed by atoms with Crippen LogP contribution in [0.4, 0.5) is 0 Å². The second-order valence-electron chi connectivity index (χ2n) is 2.91. The molecule has 1 aromatic carbocycles. The Morgan fingerprint density at radius 1 is 1.33 bits per heavy atom. The van der Waals surface area contributed by atoms with Gasteiger partial charge < -0.3 is 4.79 Å². The van der Waals surface area contributed by atoms with Gasteiger partial charge in [-0.15, -0.1) is 0 Å². The predicted octanol–water partition coefficient (Wildman–Crippen LogP) is 1.56. The average molecular weight is 160 g/mol. The zero-order valence-corrected chi connectivity index (χ0v) is 6.49. The fourth-order valence-corrected chi connectivity index (χ4v) is 1.61. The highest BCUT2D eigenvalue weighted by molar-refractivity contribution is 6.11. The molecule has 1 unspecified atom stereocenters. The molecule has 0 fully saturated rings. The summed E-state index contributed by atoms with van der Waals surface area (Å²) in [7, 11) is 0. The molecule has 12 heavy (non-hydrogen) atoms. The second kappa shape index (κ2) is 2.55. The lowest BCUT2D eigenvalue weighted by Gasteiger charge is -2.26. The Bertz CT molecular complexity index is 341. The van der Waals surface area contributed by atoms with Crippen LogP contribution >= 0.6 is 0 Å². The first-order chi connectivity index (χ1) is 5.84. The molecular formula is C10H8O2. The molecule has 0 radical (unpaired) electrons. The van der Waals surface area contributed by atoms with Crippen LogP contribution in [-0.2, 0) is 4.79 Å². The van der Waals surface area contributed by atoms with E-state index in [1.807, 2.05) is 18.2 Å². The first-order valence-electron chi connectivity index (χ1n) is 3.91. The lowest BCUT2D eigenvalue weighted by molar-refractivity contribution is -0.108. The Hall–Kier alpha value is -1.44. The summed E-state index contributed by atoms with van der Waals surface area (Å²) in [5.41, 5.74) is 1.80. The maximum Gasteiger partial charge on any atom is 0.171 e. The summed E-state index contributed by atoms with van der Waals surface area (Å²) >= 11 is 0. The van der Waals surface area contributed by atoms with Gasteiger partial charge in [0, 0.05) is 12.0 Å². The van der Waals surface area contributed by atoms with Crippen LogP contribution in [0.2, 0.25) is 0 Å². The van der Waals surface area contributed by atoms with E-state index >= 15 is 0 Å². The molecule has 1 aliphatic rings. The Morgan fingerprint density at radius 2 is 2.08 bits per heavy atom. The van der Waals surface area contributed by atoms with Crippen molar-refractivity contribution >= 4 is 12.1 Å². The summed E-state index contributed by atoms with van der Waals surface area (Å²) in [5, 5.41) is 0. The van der Waals surface area contributed by atoms with Gasteiger partial charge in [-0.3, -0.25) is 4.79 Å². The number of benzene rings is 1. The number of carbonyl (C=O) groups is 2. The summed E-state index contributed by atoms with van der Waals surface area (Å²) in [6.45, 7) is 0. The first kappa shape index (κ1) is 7.22. The monoisotopic (exact) mass is 160 g/mol. The standard InChI is InChI=1S/C10H8O2/c11-6-5-9-7-3-1-2-4-8(7)10(9)12/h1-4,6,9H,5H2. The minimum Gasteiger partial charge on any atom is -0.303 e. The minimum absolute atomic E-state index is 0.109. The van der Waals surface area contributed by atoms with Crippen molar-refractivity contribution in [2.75, 3.05) is 0 Å². The van der Waals surface area contributed by atoms with Crippen LogP contribution in [0.25, 0.3) is 0 Å². The molecule has 60 valence electrons. The minimum atomic E-state index is -0.154. The van der Waals surface area contributed by atoms with Crippen molar-refractivity contribution in [2.45, 2.75) is 12.3 Å². The van der Waals surface area contributed by atoms with Crippen molar-refractivity contribution < 1.29 is 9.59 Å². The quantitative estimate of drug-likeness (QED) is 0.615. The molecule has 1 atom stereocenters. The molecule has 0 amide bonds. The molecule has 2 heteroatoms. The number of fused-ring (bicyclic) bond motifs is 1. The fraction of sp³-hybridized carbons (Fsp3) is 0.200. The summed E-state index contributed by atoms with van der Waals surface area (Å²) in [6, 6.07) is 7.45. The van der Waals surface area contributed by atoms with Crippen LogP contribution in [0.5, 0.6) is 0 Å². The third kappa shape index (κ3) is 0.811. The molecule has 1 aromatic rings. The van der Waals surface area contributed by atoms with Crippen molar-refractivity contribution in [3.63, 3.8) is 0 Å². The third-order valence-electron chi connectivity index (χ3n) is 2.25. The maximum absolute atomic E-state index is 11.3. The SMILES string of the molecule is O=CCC1C(=O)c2ccccc21. The van der Waals surface area contributed by atoms with Gasteiger partial charge in [-0.05, 0) is 5.56 Å². The number of aldehydes is 1. The Labute approximate surface area is 70.2 Å². The van der Waals surface area contributed by atoms with Gasteiger partial charge in [0.25, 0.3) is 0 Å². The number of hydrogen-bond acceptors (Lipinski definition) is 2. The number of carbonyl (C=O) groups excluding carboxylic acids is 2. The average Bonchev–Trinajstić information content (AvgIpc) is 2.13. The number of hydrogen-bond donors (Lipinski definition) is 0. The van der Waals surface area contributed by atoms with E-state index in [1.165, 1.54) is 0 Å². The van der Waals surface area contributed by atoms with E-state index < -0.39 is 0 Å². The highest BCUT2D eigenvalue weighted by Crippen LogP contribution is 2.36.